The van der Waals surface area contributed by atoms with Crippen molar-refractivity contribution in [3.8, 4) is 16.9 Å². The largest absolute Gasteiger partial charge is 0.495 e. The van der Waals surface area contributed by atoms with Crippen molar-refractivity contribution in [1.82, 2.24) is 18.8 Å². The highest BCUT2D eigenvalue weighted by molar-refractivity contribution is 9.10. The smallest absolute Gasteiger partial charge is 0.282 e. The van der Waals surface area contributed by atoms with Gasteiger partial charge in [-0.15, -0.1) is 0 Å². The fourth-order valence-electron chi connectivity index (χ4n) is 3.00. The van der Waals surface area contributed by atoms with Crippen LogP contribution in [-0.4, -0.2) is 47.6 Å². The van der Waals surface area contributed by atoms with Gasteiger partial charge in [0.15, 0.2) is 0 Å². The molecular weight excluding hydrogens is 482 g/mol. The van der Waals surface area contributed by atoms with Crippen LogP contribution in [0.25, 0.3) is 16.8 Å². The van der Waals surface area contributed by atoms with E-state index >= 15 is 0 Å². The lowest BCUT2D eigenvalue weighted by atomic mass is 10.1. The number of hydrogen-bond acceptors (Lipinski definition) is 6. The monoisotopic (exact) mass is 499 g/mol. The number of pyridine rings is 2. The summed E-state index contributed by atoms with van der Waals surface area (Å²) in [7, 11) is -1.13. The Kier molecular flexibility index (Phi) is 5.75. The first kappa shape index (κ1) is 21.0. The Hall–Kier alpha value is -3.24. The molecule has 158 valence electrons. The lowest BCUT2D eigenvalue weighted by Crippen LogP contribution is -2.22. The molecule has 3 heterocycles. The van der Waals surface area contributed by atoms with Crippen LogP contribution in [0.4, 0.5) is 0 Å². The van der Waals surface area contributed by atoms with Crippen LogP contribution in [0, 0.1) is 0 Å². The van der Waals surface area contributed by atoms with Crippen molar-refractivity contribution in [3.05, 3.63) is 77.4 Å². The third-order valence-corrected chi connectivity index (χ3v) is 6.79. The zero-order valence-corrected chi connectivity index (χ0v) is 19.1. The number of aromatic nitrogens is 3. The Morgan fingerprint density at radius 3 is 2.74 bits per heavy atom. The molecule has 0 aliphatic heterocycles. The molecule has 0 saturated heterocycles. The molecule has 0 fully saturated rings. The zero-order chi connectivity index (χ0) is 22.0. The number of ether oxygens (including phenoxy) is 1. The first-order chi connectivity index (χ1) is 14.9. The van der Waals surface area contributed by atoms with Gasteiger partial charge in [0, 0.05) is 41.2 Å². The number of nitrogens with zero attached hydrogens (tertiary/aromatic N) is 5. The van der Waals surface area contributed by atoms with Gasteiger partial charge >= 0.3 is 0 Å². The van der Waals surface area contributed by atoms with Gasteiger partial charge in [-0.05, 0) is 36.4 Å². The van der Waals surface area contributed by atoms with E-state index in [-0.39, 0.29) is 10.6 Å². The van der Waals surface area contributed by atoms with Gasteiger partial charge in [0.2, 0.25) is 0 Å². The predicted octanol–water partition coefficient (Wildman–Crippen LogP) is 3.82. The number of hydrogen-bond donors (Lipinski definition) is 0. The molecule has 0 radical (unpaired) electrons. The molecule has 0 bridgehead atoms. The van der Waals surface area contributed by atoms with E-state index in [2.05, 4.69) is 31.0 Å². The molecule has 31 heavy (non-hydrogen) atoms. The fraction of sp³-hybridized carbons (Fsp3) is 0.0952. The van der Waals surface area contributed by atoms with Crippen LogP contribution in [0.2, 0.25) is 0 Å². The molecule has 0 unspecified atom stereocenters. The summed E-state index contributed by atoms with van der Waals surface area (Å²) < 4.78 is 34.6. The lowest BCUT2D eigenvalue weighted by Gasteiger charge is -2.16. The third kappa shape index (κ3) is 4.17. The van der Waals surface area contributed by atoms with Crippen LogP contribution >= 0.6 is 15.9 Å². The first-order valence-electron chi connectivity index (χ1n) is 9.14. The number of methoxy groups -OCH3 is 1. The number of hydrazone groups is 1. The third-order valence-electron chi connectivity index (χ3n) is 4.63. The summed E-state index contributed by atoms with van der Waals surface area (Å²) in [5.74, 6) is 0.237. The summed E-state index contributed by atoms with van der Waals surface area (Å²) in [4.78, 5) is 8.52. The Balaban J connectivity index is 1.67. The Labute approximate surface area is 188 Å². The maximum Gasteiger partial charge on any atom is 0.282 e. The second-order valence-corrected chi connectivity index (χ2v) is 9.38. The maximum absolute atomic E-state index is 13.0. The zero-order valence-electron chi connectivity index (χ0n) is 16.7. The summed E-state index contributed by atoms with van der Waals surface area (Å²) in [6.45, 7) is 0. The molecule has 0 spiro atoms. The van der Waals surface area contributed by atoms with E-state index in [9.17, 15) is 8.42 Å². The standard InChI is InChI=1S/C21H18BrN5O3S/c1-26(31(28,29)20-10-17(22)6-7-19(20)30-2)25-13-18-12-24-21-8-5-16(14-27(18)21)15-4-3-9-23-11-15/h3-14H,1-2H3. The number of imidazole rings is 1. The molecule has 0 aliphatic carbocycles. The molecule has 1 aromatic carbocycles. The highest BCUT2D eigenvalue weighted by atomic mass is 79.9. The highest BCUT2D eigenvalue weighted by Gasteiger charge is 2.24. The summed E-state index contributed by atoms with van der Waals surface area (Å²) >= 11 is 3.30. The van der Waals surface area contributed by atoms with E-state index in [0.29, 0.717) is 15.8 Å². The Bertz CT molecular complexity index is 1370. The molecule has 3 aromatic heterocycles. The van der Waals surface area contributed by atoms with Gasteiger partial charge < -0.3 is 4.74 Å². The van der Waals surface area contributed by atoms with E-state index in [1.165, 1.54) is 26.4 Å². The molecule has 10 heteroatoms. The average molecular weight is 500 g/mol. The van der Waals surface area contributed by atoms with Crippen molar-refractivity contribution in [2.45, 2.75) is 4.90 Å². The van der Waals surface area contributed by atoms with Crippen molar-refractivity contribution in [2.24, 2.45) is 5.10 Å². The number of halogens is 1. The van der Waals surface area contributed by atoms with Gasteiger partial charge in [-0.25, -0.2) is 4.98 Å². The van der Waals surface area contributed by atoms with Gasteiger partial charge in [0.25, 0.3) is 10.0 Å². The molecular formula is C21H18BrN5O3S. The highest BCUT2D eigenvalue weighted by Crippen LogP contribution is 2.29. The van der Waals surface area contributed by atoms with Crippen LogP contribution in [0.1, 0.15) is 5.69 Å². The molecule has 0 saturated carbocycles. The molecule has 8 nitrogen and oxygen atoms in total. The van der Waals surface area contributed by atoms with Crippen LogP contribution in [0.3, 0.4) is 0 Å². The number of fused-ring (bicyclic) bond motifs is 1. The fourth-order valence-corrected chi connectivity index (χ4v) is 4.65. The van der Waals surface area contributed by atoms with Gasteiger partial charge in [0.05, 0.1) is 25.2 Å². The van der Waals surface area contributed by atoms with E-state index in [1.54, 1.807) is 30.7 Å². The predicted molar refractivity (Wildman–Crippen MR) is 122 cm³/mol. The van der Waals surface area contributed by atoms with Crippen molar-refractivity contribution in [3.63, 3.8) is 0 Å². The molecule has 4 rings (SSSR count). The number of sulfonamides is 1. The second kappa shape index (κ2) is 8.48. The maximum atomic E-state index is 13.0. The van der Waals surface area contributed by atoms with E-state index in [4.69, 9.17) is 4.74 Å². The van der Waals surface area contributed by atoms with Gasteiger partial charge in [-0.3, -0.25) is 9.38 Å². The molecule has 0 aliphatic rings. The van der Waals surface area contributed by atoms with Crippen molar-refractivity contribution in [1.29, 1.82) is 0 Å². The summed E-state index contributed by atoms with van der Waals surface area (Å²) in [5.41, 5.74) is 3.26. The van der Waals surface area contributed by atoms with E-state index in [0.717, 1.165) is 15.5 Å². The lowest BCUT2D eigenvalue weighted by molar-refractivity contribution is 0.399. The van der Waals surface area contributed by atoms with Crippen LogP contribution < -0.4 is 4.74 Å². The van der Waals surface area contributed by atoms with Gasteiger partial charge in [-0.1, -0.05) is 22.0 Å². The number of rotatable bonds is 6. The first-order valence-corrected chi connectivity index (χ1v) is 11.4. The Morgan fingerprint density at radius 1 is 1.16 bits per heavy atom. The SMILES string of the molecule is COc1ccc(Br)cc1S(=O)(=O)N(C)N=Cc1cnc2ccc(-c3cccnc3)cn12. The van der Waals surface area contributed by atoms with E-state index in [1.807, 2.05) is 34.9 Å². The topological polar surface area (TPSA) is 89.2 Å². The Morgan fingerprint density at radius 2 is 2.00 bits per heavy atom. The van der Waals surface area contributed by atoms with Crippen molar-refractivity contribution < 1.29 is 13.2 Å². The van der Waals surface area contributed by atoms with Crippen LogP contribution in [0.5, 0.6) is 5.75 Å². The summed E-state index contributed by atoms with van der Waals surface area (Å²) in [6.07, 6.45) is 8.49. The van der Waals surface area contributed by atoms with Gasteiger partial charge in [-0.2, -0.15) is 17.9 Å². The molecule has 0 atom stereocenters. The van der Waals surface area contributed by atoms with Gasteiger partial charge in [0.1, 0.15) is 16.3 Å². The quantitative estimate of drug-likeness (QED) is 0.297. The van der Waals surface area contributed by atoms with E-state index < -0.39 is 10.0 Å². The van der Waals surface area contributed by atoms with Crippen LogP contribution in [0.15, 0.2) is 81.7 Å². The van der Waals surface area contributed by atoms with Crippen molar-refractivity contribution >= 4 is 37.8 Å². The minimum absolute atomic E-state index is 0.0148. The summed E-state index contributed by atoms with van der Waals surface area (Å²) in [6, 6.07) is 12.4. The summed E-state index contributed by atoms with van der Waals surface area (Å²) in [5, 5.41) is 4.15. The number of benzene rings is 1. The second-order valence-electron chi connectivity index (χ2n) is 6.55. The molecule has 0 amide bonds. The van der Waals surface area contributed by atoms with Crippen molar-refractivity contribution in [2.75, 3.05) is 14.2 Å². The average Bonchev–Trinajstić information content (AvgIpc) is 3.20. The minimum atomic E-state index is -3.92. The molecule has 0 N–H and O–H groups in total. The normalized spacial score (nSPS) is 11.8. The molecule has 4 aromatic rings. The van der Waals surface area contributed by atoms with Crippen LogP contribution in [-0.2, 0) is 10.0 Å². The minimum Gasteiger partial charge on any atom is -0.495 e.